The zero-order valence-corrected chi connectivity index (χ0v) is 13.8. The Balaban J connectivity index is 1.94. The molecule has 1 aromatic carbocycles. The van der Waals surface area contributed by atoms with Gasteiger partial charge in [0.25, 0.3) is 0 Å². The molecule has 5 heteroatoms. The monoisotopic (exact) mass is 303 g/mol. The first kappa shape index (κ1) is 16.3. The smallest absolute Gasteiger partial charge is 0.338 e. The molecule has 0 unspecified atom stereocenters. The van der Waals surface area contributed by atoms with Gasteiger partial charge in [-0.2, -0.15) is 0 Å². The standard InChI is InChI=1S/C17H25N3O2/c1-17(2,3)22-15(21)13-7-5-6-12(10-13)11-19-16(18-4)20-14-8-9-14/h5-7,10,14H,8-9,11H2,1-4H3,(H2,18,19,20). The molecule has 0 bridgehead atoms. The molecule has 1 saturated carbocycles. The number of guanidine groups is 1. The zero-order valence-electron chi connectivity index (χ0n) is 13.8. The summed E-state index contributed by atoms with van der Waals surface area (Å²) in [5.74, 6) is 0.500. The SMILES string of the molecule is CN=C(NCc1cccc(C(=O)OC(C)(C)C)c1)NC1CC1. The van der Waals surface area contributed by atoms with E-state index >= 15 is 0 Å². The maximum absolute atomic E-state index is 12.1. The lowest BCUT2D eigenvalue weighted by atomic mass is 10.1. The quantitative estimate of drug-likeness (QED) is 0.509. The normalized spacial score (nSPS) is 15.4. The number of nitrogens with zero attached hydrogens (tertiary/aromatic N) is 1. The molecule has 0 spiro atoms. The van der Waals surface area contributed by atoms with Gasteiger partial charge in [-0.25, -0.2) is 4.79 Å². The van der Waals surface area contributed by atoms with Crippen molar-refractivity contribution in [3.05, 3.63) is 35.4 Å². The number of nitrogens with one attached hydrogen (secondary N) is 2. The van der Waals surface area contributed by atoms with Crippen LogP contribution in [0.15, 0.2) is 29.3 Å². The Morgan fingerprint density at radius 3 is 2.68 bits per heavy atom. The molecule has 0 aromatic heterocycles. The average molecular weight is 303 g/mol. The first-order chi connectivity index (χ1) is 10.4. The maximum Gasteiger partial charge on any atom is 0.338 e. The van der Waals surface area contributed by atoms with Crippen LogP contribution in [0.4, 0.5) is 0 Å². The minimum Gasteiger partial charge on any atom is -0.456 e. The van der Waals surface area contributed by atoms with Crippen LogP contribution in [0.1, 0.15) is 49.5 Å². The molecule has 2 rings (SSSR count). The fourth-order valence-corrected chi connectivity index (χ4v) is 1.95. The molecular weight excluding hydrogens is 278 g/mol. The van der Waals surface area contributed by atoms with Crippen molar-refractivity contribution in [1.82, 2.24) is 10.6 Å². The van der Waals surface area contributed by atoms with Crippen LogP contribution < -0.4 is 10.6 Å². The van der Waals surface area contributed by atoms with Crippen molar-refractivity contribution in [2.24, 2.45) is 4.99 Å². The molecule has 0 amide bonds. The van der Waals surface area contributed by atoms with E-state index in [1.54, 1.807) is 13.1 Å². The van der Waals surface area contributed by atoms with E-state index in [1.807, 2.05) is 39.0 Å². The van der Waals surface area contributed by atoms with Gasteiger partial charge in [0.05, 0.1) is 5.56 Å². The lowest BCUT2D eigenvalue weighted by molar-refractivity contribution is 0.00694. The highest BCUT2D eigenvalue weighted by Crippen LogP contribution is 2.18. The minimum atomic E-state index is -0.485. The van der Waals surface area contributed by atoms with E-state index in [4.69, 9.17) is 4.74 Å². The Hall–Kier alpha value is -2.04. The Labute approximate surface area is 132 Å². The summed E-state index contributed by atoms with van der Waals surface area (Å²) < 4.78 is 5.39. The number of carbonyl (C=O) groups excluding carboxylic acids is 1. The third-order valence-corrected chi connectivity index (χ3v) is 3.16. The summed E-state index contributed by atoms with van der Waals surface area (Å²) in [6.07, 6.45) is 2.41. The lowest BCUT2D eigenvalue weighted by Crippen LogP contribution is -2.38. The molecule has 22 heavy (non-hydrogen) atoms. The van der Waals surface area contributed by atoms with Crippen LogP contribution in [0.5, 0.6) is 0 Å². The number of rotatable bonds is 4. The predicted octanol–water partition coefficient (Wildman–Crippen LogP) is 2.47. The molecule has 0 saturated heterocycles. The summed E-state index contributed by atoms with van der Waals surface area (Å²) in [4.78, 5) is 16.3. The molecule has 2 N–H and O–H groups in total. The second-order valence-corrected chi connectivity index (χ2v) is 6.55. The molecule has 1 aromatic rings. The third-order valence-electron chi connectivity index (χ3n) is 3.16. The molecule has 1 aliphatic carbocycles. The molecular formula is C17H25N3O2. The highest BCUT2D eigenvalue weighted by Gasteiger charge is 2.22. The number of esters is 1. The lowest BCUT2D eigenvalue weighted by Gasteiger charge is -2.19. The predicted molar refractivity (Wildman–Crippen MR) is 88.0 cm³/mol. The number of carbonyl (C=O) groups is 1. The van der Waals surface area contributed by atoms with Gasteiger partial charge in [0, 0.05) is 19.6 Å². The van der Waals surface area contributed by atoms with Gasteiger partial charge in [-0.3, -0.25) is 4.99 Å². The maximum atomic E-state index is 12.1. The van der Waals surface area contributed by atoms with Crippen LogP contribution in [-0.4, -0.2) is 30.6 Å². The molecule has 0 atom stereocenters. The first-order valence-electron chi connectivity index (χ1n) is 7.67. The van der Waals surface area contributed by atoms with Crippen molar-refractivity contribution < 1.29 is 9.53 Å². The Bertz CT molecular complexity index is 557. The van der Waals surface area contributed by atoms with E-state index in [9.17, 15) is 4.79 Å². The molecule has 0 aliphatic heterocycles. The van der Waals surface area contributed by atoms with Crippen LogP contribution in [0.3, 0.4) is 0 Å². The number of ether oxygens (including phenoxy) is 1. The van der Waals surface area contributed by atoms with Crippen molar-refractivity contribution in [3.8, 4) is 0 Å². The fourth-order valence-electron chi connectivity index (χ4n) is 1.95. The van der Waals surface area contributed by atoms with Gasteiger partial charge in [-0.1, -0.05) is 12.1 Å². The van der Waals surface area contributed by atoms with Gasteiger partial charge in [0.1, 0.15) is 5.60 Å². The van der Waals surface area contributed by atoms with Gasteiger partial charge >= 0.3 is 5.97 Å². The second kappa shape index (κ2) is 6.81. The van der Waals surface area contributed by atoms with Gasteiger partial charge in [-0.15, -0.1) is 0 Å². The molecule has 1 aliphatic rings. The minimum absolute atomic E-state index is 0.296. The van der Waals surface area contributed by atoms with E-state index in [-0.39, 0.29) is 5.97 Å². The van der Waals surface area contributed by atoms with E-state index in [0.29, 0.717) is 18.2 Å². The largest absolute Gasteiger partial charge is 0.456 e. The zero-order chi connectivity index (χ0) is 16.2. The Morgan fingerprint density at radius 2 is 2.09 bits per heavy atom. The fraction of sp³-hybridized carbons (Fsp3) is 0.529. The number of hydrogen-bond donors (Lipinski definition) is 2. The van der Waals surface area contributed by atoms with Crippen molar-refractivity contribution in [2.45, 2.75) is 51.8 Å². The molecule has 0 heterocycles. The summed E-state index contributed by atoms with van der Waals surface area (Å²) >= 11 is 0. The molecule has 120 valence electrons. The molecule has 0 radical (unpaired) electrons. The van der Waals surface area contributed by atoms with E-state index < -0.39 is 5.60 Å². The van der Waals surface area contributed by atoms with Gasteiger partial charge in [0.2, 0.25) is 0 Å². The molecule has 1 fully saturated rings. The van der Waals surface area contributed by atoms with Crippen molar-refractivity contribution in [2.75, 3.05) is 7.05 Å². The van der Waals surface area contributed by atoms with E-state index in [0.717, 1.165) is 11.5 Å². The highest BCUT2D eigenvalue weighted by molar-refractivity contribution is 5.90. The van der Waals surface area contributed by atoms with E-state index in [1.165, 1.54) is 12.8 Å². The van der Waals surface area contributed by atoms with Crippen molar-refractivity contribution >= 4 is 11.9 Å². The topological polar surface area (TPSA) is 62.7 Å². The van der Waals surface area contributed by atoms with Crippen LogP contribution in [0.2, 0.25) is 0 Å². The Morgan fingerprint density at radius 1 is 1.36 bits per heavy atom. The van der Waals surface area contributed by atoms with Gasteiger partial charge < -0.3 is 15.4 Å². The van der Waals surface area contributed by atoms with E-state index in [2.05, 4.69) is 15.6 Å². The summed E-state index contributed by atoms with van der Waals surface area (Å²) in [6.45, 7) is 6.21. The Kier molecular flexibility index (Phi) is 5.06. The second-order valence-electron chi connectivity index (χ2n) is 6.55. The van der Waals surface area contributed by atoms with Gasteiger partial charge in [0.15, 0.2) is 5.96 Å². The van der Waals surface area contributed by atoms with Crippen molar-refractivity contribution in [1.29, 1.82) is 0 Å². The van der Waals surface area contributed by atoms with Crippen LogP contribution in [-0.2, 0) is 11.3 Å². The number of aliphatic imine (C=N–C) groups is 1. The summed E-state index contributed by atoms with van der Waals surface area (Å²) in [5.41, 5.74) is 1.10. The first-order valence-corrected chi connectivity index (χ1v) is 7.67. The van der Waals surface area contributed by atoms with Crippen molar-refractivity contribution in [3.63, 3.8) is 0 Å². The molecule has 5 nitrogen and oxygen atoms in total. The number of hydrogen-bond acceptors (Lipinski definition) is 3. The van der Waals surface area contributed by atoms with Crippen LogP contribution >= 0.6 is 0 Å². The summed E-state index contributed by atoms with van der Waals surface area (Å²) in [5, 5.41) is 6.58. The summed E-state index contributed by atoms with van der Waals surface area (Å²) in [6, 6.07) is 8.03. The van der Waals surface area contributed by atoms with Crippen LogP contribution in [0, 0.1) is 0 Å². The van der Waals surface area contributed by atoms with Crippen LogP contribution in [0.25, 0.3) is 0 Å². The number of benzene rings is 1. The third kappa shape index (κ3) is 5.39. The van der Waals surface area contributed by atoms with Gasteiger partial charge in [-0.05, 0) is 51.3 Å². The highest BCUT2D eigenvalue weighted by atomic mass is 16.6. The summed E-state index contributed by atoms with van der Waals surface area (Å²) in [7, 11) is 1.76. The average Bonchev–Trinajstić information content (AvgIpc) is 3.26.